The van der Waals surface area contributed by atoms with Crippen LogP contribution < -0.4 is 20.3 Å². The Balaban J connectivity index is 1.19. The predicted octanol–water partition coefficient (Wildman–Crippen LogP) is 2.96. The van der Waals surface area contributed by atoms with Gasteiger partial charge in [-0.3, -0.25) is 14.2 Å². The average molecular weight is 522 g/mol. The van der Waals surface area contributed by atoms with Crippen molar-refractivity contribution in [2.75, 3.05) is 13.3 Å². The Hall–Kier alpha value is -3.92. The molecule has 1 amide bonds. The van der Waals surface area contributed by atoms with Crippen LogP contribution in [0, 0.1) is 0 Å². The third kappa shape index (κ3) is 4.72. The summed E-state index contributed by atoms with van der Waals surface area (Å²) in [6.07, 6.45) is 6.20. The van der Waals surface area contributed by atoms with E-state index in [-0.39, 0.29) is 18.3 Å². The summed E-state index contributed by atoms with van der Waals surface area (Å²) in [6, 6.07) is 13.2. The minimum atomic E-state index is -0.237. The first-order valence-corrected chi connectivity index (χ1v) is 11.4. The Labute approximate surface area is 202 Å². The van der Waals surface area contributed by atoms with E-state index in [1.807, 2.05) is 42.5 Å². The second-order valence-corrected chi connectivity index (χ2v) is 8.56. The van der Waals surface area contributed by atoms with Gasteiger partial charge in [0.05, 0.1) is 19.3 Å². The number of fused-ring (bicyclic) bond motifs is 2. The molecule has 0 saturated heterocycles. The highest BCUT2D eigenvalue weighted by Crippen LogP contribution is 2.32. The molecule has 34 heavy (non-hydrogen) atoms. The van der Waals surface area contributed by atoms with Gasteiger partial charge in [0.15, 0.2) is 17.1 Å². The molecule has 9 nitrogen and oxygen atoms in total. The number of benzene rings is 2. The number of carbonyl (C=O) groups excluding carboxylic acids is 1. The zero-order valence-corrected chi connectivity index (χ0v) is 19.6. The molecule has 0 fully saturated rings. The van der Waals surface area contributed by atoms with Crippen LogP contribution in [0.4, 0.5) is 0 Å². The molecule has 1 N–H and O–H groups in total. The monoisotopic (exact) mass is 521 g/mol. The number of ether oxygens (including phenoxy) is 2. The van der Waals surface area contributed by atoms with E-state index >= 15 is 0 Å². The number of halogens is 1. The van der Waals surface area contributed by atoms with Crippen LogP contribution in [0.5, 0.6) is 11.5 Å². The molecule has 2 aromatic carbocycles. The summed E-state index contributed by atoms with van der Waals surface area (Å²) in [7, 11) is 0. The third-order valence-corrected chi connectivity index (χ3v) is 5.86. The first-order chi connectivity index (χ1) is 16.6. The fourth-order valence-electron chi connectivity index (χ4n) is 3.59. The van der Waals surface area contributed by atoms with Gasteiger partial charge < -0.3 is 14.8 Å². The van der Waals surface area contributed by atoms with Crippen LogP contribution in [0.15, 0.2) is 70.3 Å². The lowest BCUT2D eigenvalue weighted by Gasteiger charge is -2.07. The van der Waals surface area contributed by atoms with E-state index in [1.165, 1.54) is 18.6 Å². The molecule has 0 radical (unpaired) electrons. The summed E-state index contributed by atoms with van der Waals surface area (Å²) >= 11 is 3.41. The number of carbonyl (C=O) groups is 1. The van der Waals surface area contributed by atoms with Crippen molar-refractivity contribution >= 4 is 38.9 Å². The molecule has 0 atom stereocenters. The number of nitrogens with one attached hydrogen (secondary N) is 1. The highest BCUT2D eigenvalue weighted by Gasteiger charge is 2.13. The highest BCUT2D eigenvalue weighted by atomic mass is 79.9. The van der Waals surface area contributed by atoms with Gasteiger partial charge in [-0.05, 0) is 41.5 Å². The van der Waals surface area contributed by atoms with Crippen LogP contribution in [0.3, 0.4) is 0 Å². The van der Waals surface area contributed by atoms with Crippen molar-refractivity contribution in [1.82, 2.24) is 24.6 Å². The van der Waals surface area contributed by atoms with Gasteiger partial charge in [0.2, 0.25) is 12.7 Å². The predicted molar refractivity (Wildman–Crippen MR) is 130 cm³/mol. The molecular weight excluding hydrogens is 502 g/mol. The largest absolute Gasteiger partial charge is 0.454 e. The molecule has 0 unspecified atom stereocenters. The lowest BCUT2D eigenvalue weighted by atomic mass is 10.2. The Kier molecular flexibility index (Phi) is 6.13. The van der Waals surface area contributed by atoms with Crippen molar-refractivity contribution in [2.45, 2.75) is 13.1 Å². The lowest BCUT2D eigenvalue weighted by Crippen LogP contribution is -2.26. The lowest BCUT2D eigenvalue weighted by molar-refractivity contribution is -0.116. The molecular formula is C24H20BrN5O4. The van der Waals surface area contributed by atoms with E-state index < -0.39 is 0 Å². The number of rotatable bonds is 7. The Morgan fingerprint density at radius 3 is 2.82 bits per heavy atom. The molecule has 0 aliphatic carbocycles. The quantitative estimate of drug-likeness (QED) is 0.375. The second kappa shape index (κ2) is 9.52. The van der Waals surface area contributed by atoms with Gasteiger partial charge in [0.25, 0.3) is 5.56 Å². The highest BCUT2D eigenvalue weighted by molar-refractivity contribution is 9.10. The van der Waals surface area contributed by atoms with Gasteiger partial charge in [-0.25, -0.2) is 9.67 Å². The van der Waals surface area contributed by atoms with Gasteiger partial charge in [0, 0.05) is 17.1 Å². The van der Waals surface area contributed by atoms with E-state index in [0.29, 0.717) is 42.2 Å². The van der Waals surface area contributed by atoms with Crippen LogP contribution in [-0.4, -0.2) is 38.6 Å². The van der Waals surface area contributed by atoms with E-state index in [9.17, 15) is 9.59 Å². The van der Waals surface area contributed by atoms with Crippen molar-refractivity contribution < 1.29 is 14.3 Å². The molecule has 0 spiro atoms. The van der Waals surface area contributed by atoms with Gasteiger partial charge in [-0.15, -0.1) is 0 Å². The molecule has 4 aromatic rings. The molecule has 1 aliphatic heterocycles. The second-order valence-electron chi connectivity index (χ2n) is 7.65. The number of hydrogen-bond donors (Lipinski definition) is 1. The normalized spacial score (nSPS) is 12.5. The molecule has 0 bridgehead atoms. The fraction of sp³-hybridized carbons (Fsp3) is 0.167. The van der Waals surface area contributed by atoms with Gasteiger partial charge in [-0.2, -0.15) is 5.10 Å². The van der Waals surface area contributed by atoms with E-state index in [4.69, 9.17) is 9.47 Å². The Morgan fingerprint density at radius 2 is 1.97 bits per heavy atom. The molecule has 5 rings (SSSR count). The van der Waals surface area contributed by atoms with E-state index in [1.54, 1.807) is 15.3 Å². The summed E-state index contributed by atoms with van der Waals surface area (Å²) in [4.78, 5) is 29.5. The Bertz CT molecular complexity index is 1440. The summed E-state index contributed by atoms with van der Waals surface area (Å²) in [5.74, 6) is 1.12. The fourth-order valence-corrected chi connectivity index (χ4v) is 3.86. The van der Waals surface area contributed by atoms with Crippen LogP contribution in [-0.2, 0) is 17.9 Å². The summed E-state index contributed by atoms with van der Waals surface area (Å²) in [6.45, 7) is 1.35. The number of amides is 1. The maximum absolute atomic E-state index is 12.9. The van der Waals surface area contributed by atoms with Crippen LogP contribution in [0.2, 0.25) is 0 Å². The van der Waals surface area contributed by atoms with Gasteiger partial charge in [-0.1, -0.05) is 34.1 Å². The minimum Gasteiger partial charge on any atom is -0.454 e. The molecule has 0 saturated carbocycles. The number of hydrogen-bond acceptors (Lipinski definition) is 6. The molecule has 172 valence electrons. The van der Waals surface area contributed by atoms with Crippen LogP contribution in [0.1, 0.15) is 11.1 Å². The molecule has 2 aromatic heterocycles. The van der Waals surface area contributed by atoms with Crippen molar-refractivity contribution in [3.05, 3.63) is 87.0 Å². The van der Waals surface area contributed by atoms with Crippen LogP contribution in [0.25, 0.3) is 17.1 Å². The van der Waals surface area contributed by atoms with Crippen molar-refractivity contribution in [3.63, 3.8) is 0 Å². The average Bonchev–Trinajstić information content (AvgIpc) is 3.48. The number of nitrogens with zero attached hydrogens (tertiary/aromatic N) is 4. The van der Waals surface area contributed by atoms with Gasteiger partial charge >= 0.3 is 0 Å². The topological polar surface area (TPSA) is 100 Å². The van der Waals surface area contributed by atoms with Crippen LogP contribution >= 0.6 is 15.9 Å². The van der Waals surface area contributed by atoms with E-state index in [2.05, 4.69) is 31.3 Å². The standard InChI is InChI=1S/C24H20BrN5O4/c25-18-5-1-17(2-6-18)13-29-14-27-23-19(24(29)32)12-28-30(23)10-9-26-22(31)8-4-16-3-7-20-21(11-16)34-15-33-20/h1-8,11-12,14H,9-10,13,15H2,(H,26,31)/b8-4-. The molecule has 3 heterocycles. The maximum atomic E-state index is 12.9. The number of aromatic nitrogens is 4. The first kappa shape index (κ1) is 21.9. The first-order valence-electron chi connectivity index (χ1n) is 10.6. The molecule has 10 heteroatoms. The summed E-state index contributed by atoms with van der Waals surface area (Å²) in [5.41, 5.74) is 2.16. The van der Waals surface area contributed by atoms with Crippen molar-refractivity contribution in [1.29, 1.82) is 0 Å². The SMILES string of the molecule is O=C(/C=C\c1ccc2c(c1)OCO2)NCCn1ncc2c(=O)n(Cc3ccc(Br)cc3)cnc21. The zero-order chi connectivity index (χ0) is 23.5. The third-order valence-electron chi connectivity index (χ3n) is 5.34. The minimum absolute atomic E-state index is 0.158. The maximum Gasteiger partial charge on any atom is 0.264 e. The van der Waals surface area contributed by atoms with E-state index in [0.717, 1.165) is 15.6 Å². The van der Waals surface area contributed by atoms with Gasteiger partial charge in [0.1, 0.15) is 11.7 Å². The summed E-state index contributed by atoms with van der Waals surface area (Å²) in [5, 5.41) is 7.53. The zero-order valence-electron chi connectivity index (χ0n) is 18.0. The van der Waals surface area contributed by atoms with Crippen molar-refractivity contribution in [3.8, 4) is 11.5 Å². The molecule has 1 aliphatic rings. The Morgan fingerprint density at radius 1 is 1.15 bits per heavy atom. The summed E-state index contributed by atoms with van der Waals surface area (Å²) < 4.78 is 14.8. The van der Waals surface area contributed by atoms with Crippen molar-refractivity contribution in [2.24, 2.45) is 0 Å². The smallest absolute Gasteiger partial charge is 0.264 e.